The highest BCUT2D eigenvalue weighted by atomic mass is 32.1. The van der Waals surface area contributed by atoms with Gasteiger partial charge in [-0.3, -0.25) is 19.3 Å². The molecule has 202 valence electrons. The number of hydrogen-bond acceptors (Lipinski definition) is 5. The van der Waals surface area contributed by atoms with E-state index in [2.05, 4.69) is 5.32 Å². The number of amides is 4. The molecule has 0 bridgehead atoms. The summed E-state index contributed by atoms with van der Waals surface area (Å²) in [6.07, 6.45) is -0.644. The number of carbonyl (C=O) groups is 4. The Morgan fingerprint density at radius 3 is 2.41 bits per heavy atom. The summed E-state index contributed by atoms with van der Waals surface area (Å²) in [6.45, 7) is 11.8. The maximum atomic E-state index is 13.6. The Kier molecular flexibility index (Phi) is 8.84. The molecule has 0 radical (unpaired) electrons. The van der Waals surface area contributed by atoms with Crippen molar-refractivity contribution in [3.05, 3.63) is 35.2 Å². The van der Waals surface area contributed by atoms with Crippen LogP contribution in [0.3, 0.4) is 0 Å². The Balaban J connectivity index is 1.67. The van der Waals surface area contributed by atoms with Crippen LogP contribution in [0.25, 0.3) is 10.1 Å². The van der Waals surface area contributed by atoms with Crippen LogP contribution in [0.1, 0.15) is 57.6 Å². The molecule has 9 nitrogen and oxygen atoms in total. The van der Waals surface area contributed by atoms with Crippen LogP contribution in [-0.2, 0) is 9.59 Å². The van der Waals surface area contributed by atoms with Gasteiger partial charge in [0.1, 0.15) is 12.6 Å². The molecule has 0 aliphatic carbocycles. The van der Waals surface area contributed by atoms with Crippen LogP contribution < -0.4 is 5.32 Å². The SMILES string of the molecule is CC(C)C[C@H](NC(=O)c1cc2ccccc2s1)C(=O)N1CCN(C(=O)CN(C(=O)O)C(C)(C)C)C[C@@H]1C. The van der Waals surface area contributed by atoms with Crippen molar-refractivity contribution in [3.63, 3.8) is 0 Å². The number of fused-ring (bicyclic) bond motifs is 1. The highest BCUT2D eigenvalue weighted by molar-refractivity contribution is 7.20. The minimum atomic E-state index is -1.14. The van der Waals surface area contributed by atoms with E-state index in [1.807, 2.05) is 51.1 Å². The summed E-state index contributed by atoms with van der Waals surface area (Å²) in [7, 11) is 0. The van der Waals surface area contributed by atoms with Crippen molar-refractivity contribution in [1.82, 2.24) is 20.0 Å². The fourth-order valence-electron chi connectivity index (χ4n) is 4.55. The number of thiophene rings is 1. The number of carboxylic acid groups (broad SMARTS) is 1. The monoisotopic (exact) mass is 530 g/mol. The lowest BCUT2D eigenvalue weighted by molar-refractivity contribution is -0.144. The van der Waals surface area contributed by atoms with E-state index in [0.717, 1.165) is 15.0 Å². The first-order valence-electron chi connectivity index (χ1n) is 12.7. The third-order valence-electron chi connectivity index (χ3n) is 6.56. The topological polar surface area (TPSA) is 110 Å². The van der Waals surface area contributed by atoms with Gasteiger partial charge in [-0.15, -0.1) is 11.3 Å². The zero-order valence-electron chi connectivity index (χ0n) is 22.5. The Morgan fingerprint density at radius 2 is 1.84 bits per heavy atom. The Hall–Kier alpha value is -3.14. The molecule has 37 heavy (non-hydrogen) atoms. The van der Waals surface area contributed by atoms with E-state index in [9.17, 15) is 24.3 Å². The second kappa shape index (κ2) is 11.5. The van der Waals surface area contributed by atoms with E-state index in [-0.39, 0.29) is 36.2 Å². The molecule has 0 unspecified atom stereocenters. The molecule has 1 aromatic heterocycles. The molecule has 3 rings (SSSR count). The maximum absolute atomic E-state index is 13.6. The molecule has 1 saturated heterocycles. The van der Waals surface area contributed by atoms with Gasteiger partial charge in [-0.25, -0.2) is 4.79 Å². The highest BCUT2D eigenvalue weighted by Crippen LogP contribution is 2.26. The maximum Gasteiger partial charge on any atom is 0.408 e. The molecule has 10 heteroatoms. The summed E-state index contributed by atoms with van der Waals surface area (Å²) in [5, 5.41) is 13.5. The van der Waals surface area contributed by atoms with Gasteiger partial charge in [-0.1, -0.05) is 32.0 Å². The lowest BCUT2D eigenvalue weighted by atomic mass is 10.0. The molecular weight excluding hydrogens is 492 g/mol. The first-order chi connectivity index (χ1) is 17.3. The summed E-state index contributed by atoms with van der Waals surface area (Å²) in [5.74, 6) is -0.524. The predicted molar refractivity (Wildman–Crippen MR) is 145 cm³/mol. The Bertz CT molecular complexity index is 1120. The highest BCUT2D eigenvalue weighted by Gasteiger charge is 2.36. The number of nitrogens with zero attached hydrogens (tertiary/aromatic N) is 3. The quantitative estimate of drug-likeness (QED) is 0.565. The van der Waals surface area contributed by atoms with Gasteiger partial charge in [0.2, 0.25) is 11.8 Å². The minimum Gasteiger partial charge on any atom is -0.465 e. The van der Waals surface area contributed by atoms with E-state index < -0.39 is 17.7 Å². The van der Waals surface area contributed by atoms with Gasteiger partial charge in [-0.05, 0) is 57.6 Å². The normalized spacial score (nSPS) is 17.1. The Morgan fingerprint density at radius 1 is 1.16 bits per heavy atom. The second-order valence-electron chi connectivity index (χ2n) is 11.1. The van der Waals surface area contributed by atoms with E-state index >= 15 is 0 Å². The number of benzene rings is 1. The number of hydrogen-bond donors (Lipinski definition) is 2. The molecule has 2 atom stereocenters. The van der Waals surface area contributed by atoms with Crippen molar-refractivity contribution in [2.45, 2.75) is 65.6 Å². The van der Waals surface area contributed by atoms with Gasteiger partial charge in [0.05, 0.1) is 4.88 Å². The zero-order valence-corrected chi connectivity index (χ0v) is 23.3. The molecule has 2 aromatic rings. The minimum absolute atomic E-state index is 0.162. The summed E-state index contributed by atoms with van der Waals surface area (Å²) in [6, 6.07) is 8.68. The van der Waals surface area contributed by atoms with Gasteiger partial charge in [0.25, 0.3) is 5.91 Å². The molecule has 4 amide bonds. The van der Waals surface area contributed by atoms with Gasteiger partial charge in [0.15, 0.2) is 0 Å². The van der Waals surface area contributed by atoms with Crippen molar-refractivity contribution in [2.75, 3.05) is 26.2 Å². The number of rotatable bonds is 7. The molecule has 2 heterocycles. The summed E-state index contributed by atoms with van der Waals surface area (Å²) < 4.78 is 1.02. The van der Waals surface area contributed by atoms with Gasteiger partial charge in [0, 0.05) is 35.9 Å². The fraction of sp³-hybridized carbons (Fsp3) is 0.556. The molecule has 1 aliphatic rings. The van der Waals surface area contributed by atoms with Crippen LogP contribution in [0.2, 0.25) is 0 Å². The fourth-order valence-corrected chi connectivity index (χ4v) is 5.52. The van der Waals surface area contributed by atoms with Crippen LogP contribution >= 0.6 is 11.3 Å². The molecule has 1 aliphatic heterocycles. The number of piperazine rings is 1. The third kappa shape index (κ3) is 7.00. The van der Waals surface area contributed by atoms with E-state index in [4.69, 9.17) is 0 Å². The van der Waals surface area contributed by atoms with Crippen molar-refractivity contribution in [1.29, 1.82) is 0 Å². The van der Waals surface area contributed by atoms with E-state index in [1.165, 1.54) is 11.3 Å². The van der Waals surface area contributed by atoms with Crippen molar-refractivity contribution < 1.29 is 24.3 Å². The van der Waals surface area contributed by atoms with Crippen molar-refractivity contribution in [2.24, 2.45) is 5.92 Å². The van der Waals surface area contributed by atoms with Crippen LogP contribution in [0.4, 0.5) is 4.79 Å². The molecular formula is C27H38N4O5S. The average Bonchev–Trinajstić information content (AvgIpc) is 3.24. The van der Waals surface area contributed by atoms with Crippen LogP contribution in [0.15, 0.2) is 30.3 Å². The van der Waals surface area contributed by atoms with Crippen LogP contribution in [-0.4, -0.2) is 87.4 Å². The van der Waals surface area contributed by atoms with Crippen molar-refractivity contribution in [3.8, 4) is 0 Å². The second-order valence-corrected chi connectivity index (χ2v) is 12.1. The zero-order chi connectivity index (χ0) is 27.5. The first-order valence-corrected chi connectivity index (χ1v) is 13.5. The van der Waals surface area contributed by atoms with E-state index in [1.54, 1.807) is 30.6 Å². The predicted octanol–water partition coefficient (Wildman–Crippen LogP) is 3.88. The number of carbonyl (C=O) groups excluding carboxylic acids is 3. The third-order valence-corrected chi connectivity index (χ3v) is 7.67. The summed E-state index contributed by atoms with van der Waals surface area (Å²) in [5.41, 5.74) is -0.707. The number of nitrogens with one attached hydrogen (secondary N) is 1. The largest absolute Gasteiger partial charge is 0.465 e. The molecule has 0 saturated carbocycles. The van der Waals surface area contributed by atoms with Crippen LogP contribution in [0, 0.1) is 5.92 Å². The van der Waals surface area contributed by atoms with Gasteiger partial charge >= 0.3 is 6.09 Å². The van der Waals surface area contributed by atoms with Crippen molar-refractivity contribution >= 4 is 45.2 Å². The molecule has 2 N–H and O–H groups in total. The standard InChI is InChI=1S/C27H38N4O5S/c1-17(2)13-20(28-24(33)22-14-19-9-7-8-10-21(19)37-22)25(34)30-12-11-29(15-18(30)3)23(32)16-31(26(35)36)27(4,5)6/h7-10,14,17-18,20H,11-13,15-16H2,1-6H3,(H,28,33)(H,35,36)/t18-,20-/m0/s1. The Labute approximate surface area is 222 Å². The summed E-state index contributed by atoms with van der Waals surface area (Å²) >= 11 is 1.40. The molecule has 1 fully saturated rings. The van der Waals surface area contributed by atoms with Gasteiger partial charge in [-0.2, -0.15) is 0 Å². The summed E-state index contributed by atoms with van der Waals surface area (Å²) in [4.78, 5) is 56.2. The first kappa shape index (κ1) is 28.4. The lowest BCUT2D eigenvalue weighted by Gasteiger charge is -2.42. The average molecular weight is 531 g/mol. The molecule has 1 aromatic carbocycles. The smallest absolute Gasteiger partial charge is 0.408 e. The molecule has 0 spiro atoms. The van der Waals surface area contributed by atoms with Crippen LogP contribution in [0.5, 0.6) is 0 Å². The lowest BCUT2D eigenvalue weighted by Crippen LogP contribution is -2.61. The van der Waals surface area contributed by atoms with Gasteiger partial charge < -0.3 is 20.2 Å². The van der Waals surface area contributed by atoms with E-state index in [0.29, 0.717) is 30.9 Å².